The zero-order valence-corrected chi connectivity index (χ0v) is 12.0. The van der Waals surface area contributed by atoms with Crippen molar-refractivity contribution in [3.63, 3.8) is 0 Å². The summed E-state index contributed by atoms with van der Waals surface area (Å²) in [5, 5.41) is 9.14. The first-order chi connectivity index (χ1) is 9.99. The van der Waals surface area contributed by atoms with Crippen molar-refractivity contribution in [2.24, 2.45) is 0 Å². The molecular weight excluding hydrogens is 343 g/mol. The first-order valence-corrected chi connectivity index (χ1v) is 6.71. The van der Waals surface area contributed by atoms with Gasteiger partial charge >= 0.3 is 11.7 Å². The number of aromatic carboxylic acids is 1. The second-order valence-corrected chi connectivity index (χ2v) is 5.22. The van der Waals surface area contributed by atoms with Crippen LogP contribution in [0.3, 0.4) is 0 Å². The largest absolute Gasteiger partial charge is 0.478 e. The maximum atomic E-state index is 13.6. The van der Waals surface area contributed by atoms with Gasteiger partial charge in [0.05, 0.1) is 26.8 Å². The molecule has 0 aliphatic heterocycles. The summed E-state index contributed by atoms with van der Waals surface area (Å²) >= 11 is 3.04. The van der Waals surface area contributed by atoms with E-state index in [2.05, 4.69) is 20.9 Å². The third-order valence-electron chi connectivity index (χ3n) is 3.11. The summed E-state index contributed by atoms with van der Waals surface area (Å²) in [6, 6.07) is 8.77. The first kappa shape index (κ1) is 13.6. The van der Waals surface area contributed by atoms with E-state index in [1.54, 1.807) is 12.1 Å². The van der Waals surface area contributed by atoms with Crippen LogP contribution in [0.2, 0.25) is 0 Å². The van der Waals surface area contributed by atoms with E-state index < -0.39 is 17.5 Å². The van der Waals surface area contributed by atoms with Gasteiger partial charge in [-0.3, -0.25) is 4.57 Å². The molecule has 1 heterocycles. The number of para-hydroxylation sites is 1. The molecule has 7 heteroatoms. The number of rotatable bonds is 2. The van der Waals surface area contributed by atoms with E-state index in [4.69, 9.17) is 5.11 Å². The van der Waals surface area contributed by atoms with E-state index in [0.717, 1.165) is 0 Å². The number of nitrogens with zero attached hydrogens (tertiary/aromatic N) is 1. The lowest BCUT2D eigenvalue weighted by Crippen LogP contribution is -2.14. The summed E-state index contributed by atoms with van der Waals surface area (Å²) in [6.45, 7) is 0. The van der Waals surface area contributed by atoms with Crippen LogP contribution >= 0.6 is 15.9 Å². The minimum atomic E-state index is -1.14. The zero-order valence-electron chi connectivity index (χ0n) is 10.4. The van der Waals surface area contributed by atoms with Gasteiger partial charge in [0, 0.05) is 0 Å². The van der Waals surface area contributed by atoms with Gasteiger partial charge < -0.3 is 10.1 Å². The lowest BCUT2D eigenvalue weighted by Gasteiger charge is -2.05. The molecule has 0 bridgehead atoms. The maximum absolute atomic E-state index is 13.6. The molecule has 106 valence electrons. The number of hydrogen-bond acceptors (Lipinski definition) is 2. The fraction of sp³-hybridized carbons (Fsp3) is 0. The van der Waals surface area contributed by atoms with Gasteiger partial charge in [0.25, 0.3) is 0 Å². The molecule has 0 amide bonds. The molecule has 3 rings (SSSR count). The number of carbonyl (C=O) groups is 1. The predicted molar refractivity (Wildman–Crippen MR) is 78.5 cm³/mol. The van der Waals surface area contributed by atoms with E-state index >= 15 is 0 Å². The fourth-order valence-corrected chi connectivity index (χ4v) is 2.44. The maximum Gasteiger partial charge on any atom is 0.337 e. The van der Waals surface area contributed by atoms with Crippen LogP contribution in [0.5, 0.6) is 0 Å². The van der Waals surface area contributed by atoms with Gasteiger partial charge in [-0.1, -0.05) is 6.07 Å². The average Bonchev–Trinajstić information content (AvgIpc) is 2.77. The van der Waals surface area contributed by atoms with Gasteiger partial charge in [-0.2, -0.15) is 0 Å². The van der Waals surface area contributed by atoms with Crippen LogP contribution in [0.1, 0.15) is 10.4 Å². The van der Waals surface area contributed by atoms with Gasteiger partial charge in [0.1, 0.15) is 5.82 Å². The fourth-order valence-electron chi connectivity index (χ4n) is 2.19. The van der Waals surface area contributed by atoms with Crippen molar-refractivity contribution in [1.29, 1.82) is 0 Å². The van der Waals surface area contributed by atoms with Crippen LogP contribution in [-0.4, -0.2) is 20.6 Å². The minimum absolute atomic E-state index is 0.0130. The van der Waals surface area contributed by atoms with Crippen molar-refractivity contribution in [2.75, 3.05) is 0 Å². The molecule has 0 atom stereocenters. The Balaban J connectivity index is 2.35. The highest BCUT2D eigenvalue weighted by atomic mass is 79.9. The number of imidazole rings is 1. The van der Waals surface area contributed by atoms with Gasteiger partial charge in [-0.05, 0) is 46.3 Å². The highest BCUT2D eigenvalue weighted by Gasteiger charge is 2.15. The number of carboxylic acid groups (broad SMARTS) is 1. The number of halogens is 2. The van der Waals surface area contributed by atoms with Gasteiger partial charge in [0.15, 0.2) is 0 Å². The predicted octanol–water partition coefficient (Wildman–Crippen LogP) is 2.92. The van der Waals surface area contributed by atoms with Gasteiger partial charge in [0.2, 0.25) is 0 Å². The van der Waals surface area contributed by atoms with E-state index in [1.807, 2.05) is 0 Å². The molecule has 2 aromatic carbocycles. The smallest absolute Gasteiger partial charge is 0.337 e. The summed E-state index contributed by atoms with van der Waals surface area (Å²) < 4.78 is 15.2. The SMILES string of the molecule is O=C(O)c1cccc2c1[nH]c(=O)n2-c1ccc(Br)c(F)c1. The Hall–Kier alpha value is -2.41. The Kier molecular flexibility index (Phi) is 3.13. The molecule has 5 nitrogen and oxygen atoms in total. The number of aromatic amines is 1. The zero-order chi connectivity index (χ0) is 15.1. The van der Waals surface area contributed by atoms with Gasteiger partial charge in [-0.25, -0.2) is 14.0 Å². The normalized spacial score (nSPS) is 11.0. The monoisotopic (exact) mass is 350 g/mol. The second kappa shape index (κ2) is 4.85. The first-order valence-electron chi connectivity index (χ1n) is 5.91. The van der Waals surface area contributed by atoms with Crippen molar-refractivity contribution in [1.82, 2.24) is 9.55 Å². The van der Waals surface area contributed by atoms with Crippen LogP contribution < -0.4 is 5.69 Å². The van der Waals surface area contributed by atoms with Crippen LogP contribution in [-0.2, 0) is 0 Å². The highest BCUT2D eigenvalue weighted by Crippen LogP contribution is 2.22. The topological polar surface area (TPSA) is 75.1 Å². The van der Waals surface area contributed by atoms with Crippen molar-refractivity contribution in [2.45, 2.75) is 0 Å². The molecule has 0 fully saturated rings. The lowest BCUT2D eigenvalue weighted by atomic mass is 10.2. The highest BCUT2D eigenvalue weighted by molar-refractivity contribution is 9.10. The Bertz CT molecular complexity index is 930. The quantitative estimate of drug-likeness (QED) is 0.746. The second-order valence-electron chi connectivity index (χ2n) is 4.37. The Labute approximate surface area is 125 Å². The Morgan fingerprint density at radius 2 is 2.05 bits per heavy atom. The standard InChI is InChI=1S/C14H8BrFN2O3/c15-9-5-4-7(6-10(9)16)18-11-3-1-2-8(13(19)20)12(11)17-14(18)21/h1-6H,(H,17,21)(H,19,20). The third-order valence-corrected chi connectivity index (χ3v) is 3.75. The molecule has 0 aliphatic carbocycles. The van der Waals surface area contributed by atoms with E-state index in [-0.39, 0.29) is 15.6 Å². The molecule has 2 N–H and O–H groups in total. The molecule has 0 unspecified atom stereocenters. The van der Waals surface area contributed by atoms with Crippen LogP contribution in [0.4, 0.5) is 4.39 Å². The van der Waals surface area contributed by atoms with Crippen molar-refractivity contribution < 1.29 is 14.3 Å². The number of benzene rings is 2. The van der Waals surface area contributed by atoms with Crippen molar-refractivity contribution in [3.05, 3.63) is 62.7 Å². The van der Waals surface area contributed by atoms with E-state index in [1.165, 1.54) is 28.8 Å². The Morgan fingerprint density at radius 1 is 1.29 bits per heavy atom. The molecule has 21 heavy (non-hydrogen) atoms. The van der Waals surface area contributed by atoms with Crippen LogP contribution in [0.25, 0.3) is 16.7 Å². The molecule has 0 aliphatic rings. The molecular formula is C14H8BrFN2O3. The molecule has 0 radical (unpaired) electrons. The van der Waals surface area contributed by atoms with E-state index in [0.29, 0.717) is 11.2 Å². The van der Waals surface area contributed by atoms with Crippen molar-refractivity contribution in [3.8, 4) is 5.69 Å². The van der Waals surface area contributed by atoms with Crippen LogP contribution in [0.15, 0.2) is 45.7 Å². The summed E-state index contributed by atoms with van der Waals surface area (Å²) in [4.78, 5) is 25.8. The number of hydrogen-bond donors (Lipinski definition) is 2. The minimum Gasteiger partial charge on any atom is -0.478 e. The number of nitrogens with one attached hydrogen (secondary N) is 1. The number of fused-ring (bicyclic) bond motifs is 1. The number of aromatic nitrogens is 2. The lowest BCUT2D eigenvalue weighted by molar-refractivity contribution is 0.0699. The molecule has 0 saturated heterocycles. The van der Waals surface area contributed by atoms with Crippen LogP contribution in [0, 0.1) is 5.82 Å². The Morgan fingerprint density at radius 3 is 2.71 bits per heavy atom. The molecule has 0 saturated carbocycles. The van der Waals surface area contributed by atoms with Crippen molar-refractivity contribution >= 4 is 32.9 Å². The number of carboxylic acids is 1. The molecule has 1 aromatic heterocycles. The average molecular weight is 351 g/mol. The summed E-state index contributed by atoms with van der Waals surface area (Å²) in [7, 11) is 0. The van der Waals surface area contributed by atoms with E-state index in [9.17, 15) is 14.0 Å². The number of H-pyrrole nitrogens is 1. The van der Waals surface area contributed by atoms with Gasteiger partial charge in [-0.15, -0.1) is 0 Å². The third kappa shape index (κ3) is 2.15. The molecule has 3 aromatic rings. The summed E-state index contributed by atoms with van der Waals surface area (Å²) in [6.07, 6.45) is 0. The summed E-state index contributed by atoms with van der Waals surface area (Å²) in [5.74, 6) is -1.65. The summed E-state index contributed by atoms with van der Waals surface area (Å²) in [5.41, 5.74) is 0.357. The molecule has 0 spiro atoms.